The van der Waals surface area contributed by atoms with Crippen LogP contribution in [0.1, 0.15) is 81.0 Å². The molecule has 1 fully saturated rings. The van der Waals surface area contributed by atoms with Crippen LogP contribution in [0.2, 0.25) is 0 Å². The highest BCUT2D eigenvalue weighted by atomic mass is 16.2. The van der Waals surface area contributed by atoms with Crippen LogP contribution < -0.4 is 16.4 Å². The Bertz CT molecular complexity index is 616. The molecule has 0 heterocycles. The van der Waals surface area contributed by atoms with E-state index in [1.165, 1.54) is 44.2 Å². The van der Waals surface area contributed by atoms with Gasteiger partial charge in [0.25, 0.3) is 5.91 Å². The van der Waals surface area contributed by atoms with Gasteiger partial charge in [-0.2, -0.15) is 0 Å². The zero-order chi connectivity index (χ0) is 19.5. The molecule has 0 radical (unpaired) electrons. The zero-order valence-corrected chi connectivity index (χ0v) is 16.0. The number of imide groups is 1. The average Bonchev–Trinajstić information content (AvgIpc) is 2.64. The molecule has 3 amide bonds. The summed E-state index contributed by atoms with van der Waals surface area (Å²) in [5.74, 6) is -2.26. The first-order valence-corrected chi connectivity index (χ1v) is 10.1. The maximum absolute atomic E-state index is 12.2. The molecule has 0 unspecified atom stereocenters. The molecule has 0 aliphatic heterocycles. The van der Waals surface area contributed by atoms with Gasteiger partial charge in [-0.25, -0.2) is 0 Å². The van der Waals surface area contributed by atoms with Crippen molar-refractivity contribution < 1.29 is 14.4 Å². The molecule has 0 saturated heterocycles. The molecule has 6 nitrogen and oxygen atoms in total. The van der Waals surface area contributed by atoms with Gasteiger partial charge in [0, 0.05) is 17.3 Å². The summed E-state index contributed by atoms with van der Waals surface area (Å²) in [4.78, 5) is 36.4. The molecule has 1 aliphatic carbocycles. The van der Waals surface area contributed by atoms with Crippen LogP contribution in [0.4, 0.5) is 5.69 Å². The quantitative estimate of drug-likeness (QED) is 0.547. The van der Waals surface area contributed by atoms with Gasteiger partial charge in [0.2, 0.25) is 0 Å². The minimum atomic E-state index is -0.914. The second-order valence-corrected chi connectivity index (χ2v) is 7.33. The Morgan fingerprint density at radius 1 is 0.741 bits per heavy atom. The fourth-order valence-corrected chi connectivity index (χ4v) is 3.43. The highest BCUT2D eigenvalue weighted by molar-refractivity contribution is 6.38. The predicted octanol–water partition coefficient (Wildman–Crippen LogP) is 3.31. The van der Waals surface area contributed by atoms with Crippen molar-refractivity contribution in [1.82, 2.24) is 10.6 Å². The van der Waals surface area contributed by atoms with E-state index in [9.17, 15) is 14.4 Å². The standard InChI is InChI=1S/C21H31N3O3/c22-17-14-12-16(13-15-17)19(25)24-21(27)20(26)23-18-10-8-6-4-2-1-3-5-7-9-11-18/h12-15,18H,1-11,22H2,(H,23,26)(H,24,25,27). The molecule has 148 valence electrons. The van der Waals surface area contributed by atoms with E-state index in [0.29, 0.717) is 5.69 Å². The molecule has 4 N–H and O–H groups in total. The summed E-state index contributed by atoms with van der Waals surface area (Å²) in [5, 5.41) is 4.96. The van der Waals surface area contributed by atoms with E-state index >= 15 is 0 Å². The number of nitrogens with one attached hydrogen (secondary N) is 2. The molecule has 0 bridgehead atoms. The average molecular weight is 373 g/mol. The molecule has 6 heteroatoms. The second kappa shape index (κ2) is 11.4. The van der Waals surface area contributed by atoms with Crippen LogP contribution in [0.5, 0.6) is 0 Å². The maximum atomic E-state index is 12.2. The van der Waals surface area contributed by atoms with E-state index in [1.807, 2.05) is 0 Å². The Labute approximate surface area is 161 Å². The number of hydrogen-bond donors (Lipinski definition) is 3. The van der Waals surface area contributed by atoms with E-state index < -0.39 is 17.7 Å². The lowest BCUT2D eigenvalue weighted by molar-refractivity contribution is -0.139. The third-order valence-corrected chi connectivity index (χ3v) is 5.05. The molecular formula is C21H31N3O3. The van der Waals surface area contributed by atoms with Crippen molar-refractivity contribution in [1.29, 1.82) is 0 Å². The minimum Gasteiger partial charge on any atom is -0.399 e. The number of anilines is 1. The van der Waals surface area contributed by atoms with Crippen LogP contribution in [0.15, 0.2) is 24.3 Å². The molecule has 0 spiro atoms. The molecule has 0 aromatic heterocycles. The Kier molecular flexibility index (Phi) is 8.81. The Morgan fingerprint density at radius 2 is 1.22 bits per heavy atom. The van der Waals surface area contributed by atoms with E-state index in [0.717, 1.165) is 38.5 Å². The highest BCUT2D eigenvalue weighted by Crippen LogP contribution is 2.17. The minimum absolute atomic E-state index is 0.00528. The van der Waals surface area contributed by atoms with Gasteiger partial charge in [-0.1, -0.05) is 57.8 Å². The van der Waals surface area contributed by atoms with Gasteiger partial charge in [-0.3, -0.25) is 19.7 Å². The van der Waals surface area contributed by atoms with Crippen molar-refractivity contribution in [2.45, 2.75) is 76.7 Å². The predicted molar refractivity (Wildman–Crippen MR) is 106 cm³/mol. The van der Waals surface area contributed by atoms with Gasteiger partial charge in [0.15, 0.2) is 0 Å². The van der Waals surface area contributed by atoms with Gasteiger partial charge >= 0.3 is 11.8 Å². The number of nitrogen functional groups attached to an aromatic ring is 1. The van der Waals surface area contributed by atoms with Crippen molar-refractivity contribution in [2.75, 3.05) is 5.73 Å². The second-order valence-electron chi connectivity index (χ2n) is 7.33. The molecule has 1 aliphatic rings. The SMILES string of the molecule is Nc1ccc(C(=O)NC(=O)C(=O)NC2CCCCCCCCCCC2)cc1. The molecular weight excluding hydrogens is 342 g/mol. The summed E-state index contributed by atoms with van der Waals surface area (Å²) in [6.07, 6.45) is 12.5. The summed E-state index contributed by atoms with van der Waals surface area (Å²) in [7, 11) is 0. The smallest absolute Gasteiger partial charge is 0.316 e. The Hall–Kier alpha value is -2.37. The fourth-order valence-electron chi connectivity index (χ4n) is 3.43. The topological polar surface area (TPSA) is 101 Å². The van der Waals surface area contributed by atoms with Gasteiger partial charge in [0.1, 0.15) is 0 Å². The monoisotopic (exact) mass is 373 g/mol. The number of nitrogens with two attached hydrogens (primary N) is 1. The first-order valence-electron chi connectivity index (χ1n) is 10.1. The number of amides is 3. The number of benzene rings is 1. The van der Waals surface area contributed by atoms with Gasteiger partial charge < -0.3 is 11.1 Å². The molecule has 1 saturated carbocycles. The first kappa shape index (κ1) is 20.9. The van der Waals surface area contributed by atoms with Gasteiger partial charge in [-0.15, -0.1) is 0 Å². The molecule has 27 heavy (non-hydrogen) atoms. The lowest BCUT2D eigenvalue weighted by atomic mass is 9.98. The van der Waals surface area contributed by atoms with Crippen molar-refractivity contribution in [2.24, 2.45) is 0 Å². The molecule has 2 rings (SSSR count). The number of hydrogen-bond acceptors (Lipinski definition) is 4. The van der Waals surface area contributed by atoms with Crippen LogP contribution >= 0.6 is 0 Å². The molecule has 0 atom stereocenters. The van der Waals surface area contributed by atoms with Gasteiger partial charge in [-0.05, 0) is 37.1 Å². The summed E-state index contributed by atoms with van der Waals surface area (Å²) in [5.41, 5.74) is 6.40. The van der Waals surface area contributed by atoms with Crippen LogP contribution in [0.3, 0.4) is 0 Å². The van der Waals surface area contributed by atoms with E-state index in [1.54, 1.807) is 12.1 Å². The number of rotatable bonds is 2. The van der Waals surface area contributed by atoms with Crippen LogP contribution in [-0.2, 0) is 9.59 Å². The van der Waals surface area contributed by atoms with Crippen molar-refractivity contribution in [3.8, 4) is 0 Å². The maximum Gasteiger partial charge on any atom is 0.316 e. The zero-order valence-electron chi connectivity index (χ0n) is 16.0. The van der Waals surface area contributed by atoms with Crippen molar-refractivity contribution >= 4 is 23.4 Å². The Balaban J connectivity index is 1.83. The normalized spacial score (nSPS) is 17.2. The van der Waals surface area contributed by atoms with Crippen molar-refractivity contribution in [3.63, 3.8) is 0 Å². The lowest BCUT2D eigenvalue weighted by Gasteiger charge is -2.19. The first-order chi connectivity index (χ1) is 13.1. The van der Waals surface area contributed by atoms with Gasteiger partial charge in [0.05, 0.1) is 0 Å². The van der Waals surface area contributed by atoms with Crippen molar-refractivity contribution in [3.05, 3.63) is 29.8 Å². The van der Waals surface area contributed by atoms with E-state index in [2.05, 4.69) is 10.6 Å². The molecule has 1 aromatic rings. The highest BCUT2D eigenvalue weighted by Gasteiger charge is 2.21. The lowest BCUT2D eigenvalue weighted by Crippen LogP contribution is -2.46. The molecule has 1 aromatic carbocycles. The van der Waals surface area contributed by atoms with Crippen LogP contribution in [0, 0.1) is 0 Å². The van der Waals surface area contributed by atoms with E-state index in [4.69, 9.17) is 5.73 Å². The number of carbonyl (C=O) groups excluding carboxylic acids is 3. The summed E-state index contributed by atoms with van der Waals surface area (Å²) in [6, 6.07) is 6.18. The third kappa shape index (κ3) is 7.81. The summed E-state index contributed by atoms with van der Waals surface area (Å²) >= 11 is 0. The van der Waals surface area contributed by atoms with Crippen LogP contribution in [-0.4, -0.2) is 23.8 Å². The Morgan fingerprint density at radius 3 is 1.74 bits per heavy atom. The summed E-state index contributed by atoms with van der Waals surface area (Å²) in [6.45, 7) is 0. The van der Waals surface area contributed by atoms with E-state index in [-0.39, 0.29) is 11.6 Å². The third-order valence-electron chi connectivity index (χ3n) is 5.05. The number of carbonyl (C=O) groups is 3. The largest absolute Gasteiger partial charge is 0.399 e. The fraction of sp³-hybridized carbons (Fsp3) is 0.571. The van der Waals surface area contributed by atoms with Crippen LogP contribution in [0.25, 0.3) is 0 Å². The summed E-state index contributed by atoms with van der Waals surface area (Å²) < 4.78 is 0.